The van der Waals surface area contributed by atoms with E-state index in [2.05, 4.69) is 19.1 Å². The molecule has 18 heavy (non-hydrogen) atoms. The molecule has 1 atom stereocenters. The minimum Gasteiger partial charge on any atom is -0.460 e. The maximum absolute atomic E-state index is 12.4. The van der Waals surface area contributed by atoms with Gasteiger partial charge in [0.2, 0.25) is 5.78 Å². The molecule has 0 saturated heterocycles. The highest BCUT2D eigenvalue weighted by molar-refractivity contribution is 6.12. The van der Waals surface area contributed by atoms with Gasteiger partial charge in [-0.3, -0.25) is 4.79 Å². The fourth-order valence-electron chi connectivity index (χ4n) is 3.28. The predicted octanol–water partition coefficient (Wildman–Crippen LogP) is 3.55. The molecule has 0 aliphatic heterocycles. The zero-order chi connectivity index (χ0) is 12.3. The Morgan fingerprint density at radius 3 is 3.00 bits per heavy atom. The van der Waals surface area contributed by atoms with Gasteiger partial charge in [0.15, 0.2) is 5.76 Å². The molecule has 0 fully saturated rings. The zero-order valence-corrected chi connectivity index (χ0v) is 10.1. The number of carbonyl (C=O) groups excluding carboxylic acids is 1. The van der Waals surface area contributed by atoms with E-state index < -0.39 is 0 Å². The van der Waals surface area contributed by atoms with Gasteiger partial charge in [0.25, 0.3) is 0 Å². The van der Waals surface area contributed by atoms with E-state index in [1.165, 1.54) is 0 Å². The molecule has 4 rings (SSSR count). The van der Waals surface area contributed by atoms with Gasteiger partial charge in [0.05, 0.1) is 6.26 Å². The highest BCUT2D eigenvalue weighted by Crippen LogP contribution is 2.48. The molecule has 0 radical (unpaired) electrons. The molecule has 1 heterocycles. The minimum atomic E-state index is -0.128. The molecule has 1 aromatic heterocycles. The van der Waals surface area contributed by atoms with Crippen LogP contribution in [0.2, 0.25) is 0 Å². The maximum Gasteiger partial charge on any atom is 0.228 e. The van der Waals surface area contributed by atoms with Crippen LogP contribution in [0.25, 0.3) is 6.08 Å². The third-order valence-corrected chi connectivity index (χ3v) is 4.17. The van der Waals surface area contributed by atoms with Gasteiger partial charge in [-0.15, -0.1) is 0 Å². The fourth-order valence-corrected chi connectivity index (χ4v) is 3.28. The van der Waals surface area contributed by atoms with Crippen LogP contribution in [0.4, 0.5) is 0 Å². The lowest BCUT2D eigenvalue weighted by atomic mass is 9.65. The van der Waals surface area contributed by atoms with Crippen molar-refractivity contribution in [2.75, 3.05) is 0 Å². The Bertz CT molecular complexity index is 706. The van der Waals surface area contributed by atoms with Gasteiger partial charge in [0, 0.05) is 22.1 Å². The molecular weight excluding hydrogens is 224 g/mol. The summed E-state index contributed by atoms with van der Waals surface area (Å²) >= 11 is 0. The Hall–Kier alpha value is -2.09. The van der Waals surface area contributed by atoms with E-state index in [0.717, 1.165) is 28.7 Å². The molecule has 88 valence electrons. The van der Waals surface area contributed by atoms with Crippen molar-refractivity contribution in [3.63, 3.8) is 0 Å². The Kier molecular flexibility index (Phi) is 1.66. The lowest BCUT2D eigenvalue weighted by Gasteiger charge is -2.36. The molecule has 2 nitrogen and oxygen atoms in total. The van der Waals surface area contributed by atoms with E-state index in [1.807, 2.05) is 24.3 Å². The Morgan fingerprint density at radius 1 is 1.28 bits per heavy atom. The van der Waals surface area contributed by atoms with Crippen molar-refractivity contribution < 1.29 is 9.21 Å². The first-order valence-electron chi connectivity index (χ1n) is 6.14. The normalized spacial score (nSPS) is 23.7. The van der Waals surface area contributed by atoms with Crippen LogP contribution >= 0.6 is 0 Å². The van der Waals surface area contributed by atoms with Crippen molar-refractivity contribution in [1.29, 1.82) is 0 Å². The van der Waals surface area contributed by atoms with Crippen LogP contribution in [-0.4, -0.2) is 5.78 Å². The fraction of sp³-hybridized carbons (Fsp3) is 0.188. The van der Waals surface area contributed by atoms with Crippen molar-refractivity contribution >= 4 is 11.9 Å². The summed E-state index contributed by atoms with van der Waals surface area (Å²) in [6, 6.07) is 7.87. The van der Waals surface area contributed by atoms with E-state index in [4.69, 9.17) is 4.42 Å². The molecule has 0 bridgehead atoms. The molecule has 2 aromatic rings. The van der Waals surface area contributed by atoms with E-state index >= 15 is 0 Å². The van der Waals surface area contributed by atoms with E-state index in [1.54, 1.807) is 6.26 Å². The highest BCUT2D eigenvalue weighted by atomic mass is 16.3. The molecular formula is C16H12O2. The summed E-state index contributed by atoms with van der Waals surface area (Å²) in [5, 5.41) is 0. The van der Waals surface area contributed by atoms with E-state index in [9.17, 15) is 4.79 Å². The maximum atomic E-state index is 12.4. The number of hydrogen-bond donors (Lipinski definition) is 0. The summed E-state index contributed by atoms with van der Waals surface area (Å²) < 4.78 is 5.52. The first-order valence-corrected chi connectivity index (χ1v) is 6.14. The summed E-state index contributed by atoms with van der Waals surface area (Å²) in [4.78, 5) is 12.4. The topological polar surface area (TPSA) is 30.2 Å². The molecule has 0 saturated carbocycles. The number of fused-ring (bicyclic) bond motifs is 2. The van der Waals surface area contributed by atoms with Gasteiger partial charge >= 0.3 is 0 Å². The van der Waals surface area contributed by atoms with Crippen LogP contribution in [0.1, 0.15) is 46.2 Å². The second-order valence-electron chi connectivity index (χ2n) is 5.21. The third-order valence-electron chi connectivity index (χ3n) is 4.17. The first-order chi connectivity index (χ1) is 8.72. The standard InChI is InChI=1S/C16H12O2/c1-16-8-4-5-10-9-18-15(13(10)16)14(17)11-6-2-3-7-12(11)16/h2-7,9H,8H2,1H3/t16-/m0/s1. The van der Waals surface area contributed by atoms with Crippen LogP contribution in [0, 0.1) is 0 Å². The molecule has 1 aromatic carbocycles. The van der Waals surface area contributed by atoms with E-state index in [0.29, 0.717) is 5.76 Å². The summed E-state index contributed by atoms with van der Waals surface area (Å²) in [5.41, 5.74) is 3.88. The second kappa shape index (κ2) is 3.02. The van der Waals surface area contributed by atoms with Crippen LogP contribution in [0.3, 0.4) is 0 Å². The quantitative estimate of drug-likeness (QED) is 0.700. The number of carbonyl (C=O) groups is 1. The molecule has 2 heteroatoms. The molecule has 0 spiro atoms. The molecule has 0 N–H and O–H groups in total. The Labute approximate surface area is 105 Å². The number of rotatable bonds is 0. The van der Waals surface area contributed by atoms with Gasteiger partial charge in [-0.1, -0.05) is 43.3 Å². The molecule has 2 aliphatic rings. The molecule has 0 amide bonds. The van der Waals surface area contributed by atoms with Crippen LogP contribution < -0.4 is 0 Å². The van der Waals surface area contributed by atoms with Crippen molar-refractivity contribution in [3.8, 4) is 0 Å². The van der Waals surface area contributed by atoms with Crippen LogP contribution in [-0.2, 0) is 5.41 Å². The van der Waals surface area contributed by atoms with Gasteiger partial charge < -0.3 is 4.42 Å². The number of allylic oxidation sites excluding steroid dienone is 1. The second-order valence-corrected chi connectivity index (χ2v) is 5.21. The van der Waals surface area contributed by atoms with Gasteiger partial charge in [-0.2, -0.15) is 0 Å². The summed E-state index contributed by atoms with van der Waals surface area (Å²) in [7, 11) is 0. The van der Waals surface area contributed by atoms with Crippen molar-refractivity contribution in [1.82, 2.24) is 0 Å². The average molecular weight is 236 g/mol. The number of hydrogen-bond acceptors (Lipinski definition) is 2. The Balaban J connectivity index is 2.15. The van der Waals surface area contributed by atoms with Crippen molar-refractivity contribution in [3.05, 3.63) is 64.6 Å². The smallest absolute Gasteiger partial charge is 0.228 e. The number of ketones is 1. The average Bonchev–Trinajstić information content (AvgIpc) is 2.83. The summed E-state index contributed by atoms with van der Waals surface area (Å²) in [6.45, 7) is 2.19. The molecule has 0 unspecified atom stereocenters. The van der Waals surface area contributed by atoms with Gasteiger partial charge in [-0.25, -0.2) is 0 Å². The van der Waals surface area contributed by atoms with Gasteiger partial charge in [-0.05, 0) is 12.0 Å². The first kappa shape index (κ1) is 9.89. The SMILES string of the molecule is C[C@@]12CC=Cc3coc(c31)C(=O)c1ccccc12. The lowest BCUT2D eigenvalue weighted by Crippen LogP contribution is -2.33. The van der Waals surface area contributed by atoms with E-state index in [-0.39, 0.29) is 11.2 Å². The predicted molar refractivity (Wildman–Crippen MR) is 68.7 cm³/mol. The van der Waals surface area contributed by atoms with Crippen molar-refractivity contribution in [2.45, 2.75) is 18.8 Å². The third kappa shape index (κ3) is 0.969. The van der Waals surface area contributed by atoms with Gasteiger partial charge in [0.1, 0.15) is 0 Å². The summed E-state index contributed by atoms with van der Waals surface area (Å²) in [6.07, 6.45) is 6.82. The zero-order valence-electron chi connectivity index (χ0n) is 10.1. The minimum absolute atomic E-state index is 0.0135. The largest absolute Gasteiger partial charge is 0.460 e. The Morgan fingerprint density at radius 2 is 2.11 bits per heavy atom. The molecule has 2 aliphatic carbocycles. The number of benzene rings is 1. The lowest BCUT2D eigenvalue weighted by molar-refractivity contribution is 0.0999. The van der Waals surface area contributed by atoms with Crippen molar-refractivity contribution in [2.24, 2.45) is 0 Å². The van der Waals surface area contributed by atoms with Crippen LogP contribution in [0.15, 0.2) is 41.0 Å². The number of furan rings is 1. The van der Waals surface area contributed by atoms with Crippen LogP contribution in [0.5, 0.6) is 0 Å². The highest BCUT2D eigenvalue weighted by Gasteiger charge is 2.44. The summed E-state index contributed by atoms with van der Waals surface area (Å²) in [5.74, 6) is 0.537. The monoisotopic (exact) mass is 236 g/mol.